The van der Waals surface area contributed by atoms with E-state index in [9.17, 15) is 4.79 Å². The summed E-state index contributed by atoms with van der Waals surface area (Å²) < 4.78 is 5.02. The molecule has 0 atom stereocenters. The smallest absolute Gasteiger partial charge is 0.325 e. The summed E-state index contributed by atoms with van der Waals surface area (Å²) in [6, 6.07) is 3.47. The molecule has 1 N–H and O–H groups in total. The van der Waals surface area contributed by atoms with Crippen molar-refractivity contribution in [3.8, 4) is 0 Å². The largest absolute Gasteiger partial charge is 0.464 e. The third kappa shape index (κ3) is 4.75. The van der Waals surface area contributed by atoms with E-state index < -0.39 is 0 Å². The van der Waals surface area contributed by atoms with Crippen LogP contribution in [0, 0.1) is 6.92 Å². The summed E-state index contributed by atoms with van der Waals surface area (Å²) >= 11 is 12.0. The third-order valence-electron chi connectivity index (χ3n) is 2.43. The molecule has 0 bridgehead atoms. The molecule has 0 fully saturated rings. The molecule has 0 amide bonds. The second kappa shape index (κ2) is 7.49. The number of unbranched alkanes of at least 4 members (excludes halogenated alkanes) is 1. The molecule has 0 saturated heterocycles. The molecule has 0 heterocycles. The first-order valence-corrected chi connectivity index (χ1v) is 6.65. The Morgan fingerprint density at radius 1 is 1.33 bits per heavy atom. The first-order valence-electron chi connectivity index (χ1n) is 5.89. The highest BCUT2D eigenvalue weighted by Gasteiger charge is 2.07. The number of carbonyl (C=O) groups excluding carboxylic acids is 1. The Morgan fingerprint density at radius 2 is 2.06 bits per heavy atom. The fourth-order valence-electron chi connectivity index (χ4n) is 1.33. The summed E-state index contributed by atoms with van der Waals surface area (Å²) in [7, 11) is 0. The van der Waals surface area contributed by atoms with Crippen LogP contribution >= 0.6 is 23.2 Å². The van der Waals surface area contributed by atoms with Crippen molar-refractivity contribution in [2.45, 2.75) is 26.7 Å². The molecule has 1 rings (SSSR count). The average molecular weight is 290 g/mol. The van der Waals surface area contributed by atoms with E-state index in [2.05, 4.69) is 5.32 Å². The number of benzene rings is 1. The summed E-state index contributed by atoms with van der Waals surface area (Å²) in [6.07, 6.45) is 1.88. The Balaban J connectivity index is 2.48. The molecular formula is C13H17Cl2NO2. The van der Waals surface area contributed by atoms with Crippen molar-refractivity contribution >= 4 is 34.9 Å². The van der Waals surface area contributed by atoms with Gasteiger partial charge in [0.05, 0.1) is 17.3 Å². The highest BCUT2D eigenvalue weighted by atomic mass is 35.5. The second-order valence-electron chi connectivity index (χ2n) is 4.01. The maximum absolute atomic E-state index is 11.4. The highest BCUT2D eigenvalue weighted by molar-refractivity contribution is 6.35. The average Bonchev–Trinajstić information content (AvgIpc) is 2.32. The quantitative estimate of drug-likeness (QED) is 0.634. The molecule has 1 aromatic carbocycles. The predicted molar refractivity (Wildman–Crippen MR) is 75.6 cm³/mol. The molecule has 0 aliphatic carbocycles. The van der Waals surface area contributed by atoms with Crippen LogP contribution < -0.4 is 5.32 Å². The summed E-state index contributed by atoms with van der Waals surface area (Å²) in [4.78, 5) is 11.4. The van der Waals surface area contributed by atoms with Gasteiger partial charge in [0, 0.05) is 5.02 Å². The monoisotopic (exact) mass is 289 g/mol. The van der Waals surface area contributed by atoms with Gasteiger partial charge in [0.1, 0.15) is 6.54 Å². The SMILES string of the molecule is CCCCOC(=O)CNc1cc(Cl)c(C)cc1Cl. The summed E-state index contributed by atoms with van der Waals surface area (Å²) in [5.41, 5.74) is 1.54. The van der Waals surface area contributed by atoms with Crippen molar-refractivity contribution in [3.05, 3.63) is 27.7 Å². The molecular weight excluding hydrogens is 273 g/mol. The second-order valence-corrected chi connectivity index (χ2v) is 4.82. The number of hydrogen-bond donors (Lipinski definition) is 1. The topological polar surface area (TPSA) is 38.3 Å². The van der Waals surface area contributed by atoms with Crippen LogP contribution in [-0.2, 0) is 9.53 Å². The number of aryl methyl sites for hydroxylation is 1. The lowest BCUT2D eigenvalue weighted by Crippen LogP contribution is -2.17. The molecule has 0 aliphatic heterocycles. The van der Waals surface area contributed by atoms with Gasteiger partial charge < -0.3 is 10.1 Å². The number of carbonyl (C=O) groups is 1. The molecule has 100 valence electrons. The van der Waals surface area contributed by atoms with E-state index in [1.165, 1.54) is 0 Å². The van der Waals surface area contributed by atoms with Crippen LogP contribution in [0.15, 0.2) is 12.1 Å². The van der Waals surface area contributed by atoms with Crippen molar-refractivity contribution in [1.29, 1.82) is 0 Å². The van der Waals surface area contributed by atoms with Gasteiger partial charge >= 0.3 is 5.97 Å². The fourth-order valence-corrected chi connectivity index (χ4v) is 1.78. The summed E-state index contributed by atoms with van der Waals surface area (Å²) in [5, 5.41) is 4.07. The number of esters is 1. The van der Waals surface area contributed by atoms with Crippen molar-refractivity contribution in [2.75, 3.05) is 18.5 Å². The van der Waals surface area contributed by atoms with Gasteiger partial charge in [-0.05, 0) is 31.0 Å². The van der Waals surface area contributed by atoms with Crippen LogP contribution in [-0.4, -0.2) is 19.1 Å². The minimum absolute atomic E-state index is 0.0861. The maximum atomic E-state index is 11.4. The molecule has 0 aromatic heterocycles. The summed E-state index contributed by atoms with van der Waals surface area (Å²) in [5.74, 6) is -0.295. The fraction of sp³-hybridized carbons (Fsp3) is 0.462. The Labute approximate surface area is 117 Å². The van der Waals surface area contributed by atoms with E-state index in [4.69, 9.17) is 27.9 Å². The number of ether oxygens (including phenoxy) is 1. The van der Waals surface area contributed by atoms with Crippen LogP contribution in [0.1, 0.15) is 25.3 Å². The zero-order valence-electron chi connectivity index (χ0n) is 10.6. The Bertz CT molecular complexity index is 422. The van der Waals surface area contributed by atoms with E-state index in [-0.39, 0.29) is 12.5 Å². The lowest BCUT2D eigenvalue weighted by atomic mass is 10.2. The Hall–Kier alpha value is -0.930. The maximum Gasteiger partial charge on any atom is 0.325 e. The van der Waals surface area contributed by atoms with Crippen molar-refractivity contribution in [2.24, 2.45) is 0 Å². The van der Waals surface area contributed by atoms with Gasteiger partial charge in [-0.2, -0.15) is 0 Å². The zero-order chi connectivity index (χ0) is 13.5. The van der Waals surface area contributed by atoms with Gasteiger partial charge in [-0.3, -0.25) is 4.79 Å². The number of rotatable bonds is 6. The number of nitrogens with one attached hydrogen (secondary N) is 1. The van der Waals surface area contributed by atoms with Crippen molar-refractivity contribution in [3.63, 3.8) is 0 Å². The summed E-state index contributed by atoms with van der Waals surface area (Å²) in [6.45, 7) is 4.46. The van der Waals surface area contributed by atoms with Gasteiger partial charge in [-0.15, -0.1) is 0 Å². The Kier molecular flexibility index (Phi) is 6.30. The van der Waals surface area contributed by atoms with Crippen LogP contribution in [0.3, 0.4) is 0 Å². The molecule has 1 aromatic rings. The van der Waals surface area contributed by atoms with Gasteiger partial charge in [0.25, 0.3) is 0 Å². The van der Waals surface area contributed by atoms with Gasteiger partial charge in [0.2, 0.25) is 0 Å². The number of anilines is 1. The van der Waals surface area contributed by atoms with Crippen LogP contribution in [0.4, 0.5) is 5.69 Å². The van der Waals surface area contributed by atoms with E-state index in [0.29, 0.717) is 22.3 Å². The molecule has 0 spiro atoms. The Morgan fingerprint density at radius 3 is 2.72 bits per heavy atom. The minimum Gasteiger partial charge on any atom is -0.464 e. The lowest BCUT2D eigenvalue weighted by Gasteiger charge is -2.10. The minimum atomic E-state index is -0.295. The van der Waals surface area contributed by atoms with Crippen LogP contribution in [0.25, 0.3) is 0 Å². The molecule has 0 unspecified atom stereocenters. The first kappa shape index (κ1) is 15.1. The molecule has 5 heteroatoms. The third-order valence-corrected chi connectivity index (χ3v) is 3.15. The van der Waals surface area contributed by atoms with E-state index >= 15 is 0 Å². The normalized spacial score (nSPS) is 10.2. The van der Waals surface area contributed by atoms with Crippen LogP contribution in [0.2, 0.25) is 10.0 Å². The van der Waals surface area contributed by atoms with E-state index in [0.717, 1.165) is 18.4 Å². The van der Waals surface area contributed by atoms with E-state index in [1.54, 1.807) is 12.1 Å². The molecule has 0 saturated carbocycles. The van der Waals surface area contributed by atoms with Gasteiger partial charge in [0.15, 0.2) is 0 Å². The lowest BCUT2D eigenvalue weighted by molar-refractivity contribution is -0.141. The molecule has 0 radical (unpaired) electrons. The zero-order valence-corrected chi connectivity index (χ0v) is 12.1. The van der Waals surface area contributed by atoms with Gasteiger partial charge in [-0.25, -0.2) is 0 Å². The predicted octanol–water partition coefficient (Wildman–Crippen LogP) is 4.06. The standard InChI is InChI=1S/C13H17Cl2NO2/c1-3-4-5-18-13(17)8-16-12-7-10(14)9(2)6-11(12)15/h6-7,16H,3-5,8H2,1-2H3. The number of hydrogen-bond acceptors (Lipinski definition) is 3. The van der Waals surface area contributed by atoms with Crippen molar-refractivity contribution < 1.29 is 9.53 Å². The molecule has 0 aliphatic rings. The first-order chi connectivity index (χ1) is 8.54. The van der Waals surface area contributed by atoms with E-state index in [1.807, 2.05) is 13.8 Å². The van der Waals surface area contributed by atoms with Gasteiger partial charge in [-0.1, -0.05) is 36.5 Å². The van der Waals surface area contributed by atoms with Crippen molar-refractivity contribution in [1.82, 2.24) is 0 Å². The number of halogens is 2. The highest BCUT2D eigenvalue weighted by Crippen LogP contribution is 2.28. The molecule has 3 nitrogen and oxygen atoms in total. The van der Waals surface area contributed by atoms with Crippen LogP contribution in [0.5, 0.6) is 0 Å². The molecule has 18 heavy (non-hydrogen) atoms.